The van der Waals surface area contributed by atoms with Crippen molar-refractivity contribution in [3.8, 4) is 0 Å². The largest absolute Gasteiger partial charge is 0.394 e. The first-order valence-corrected chi connectivity index (χ1v) is 5.43. The number of hydrogen-bond donors (Lipinski definition) is 3. The van der Waals surface area contributed by atoms with E-state index in [0.717, 1.165) is 4.90 Å². The Bertz CT molecular complexity index is 325. The second-order valence-electron chi connectivity index (χ2n) is 3.99. The van der Waals surface area contributed by atoms with Crippen LogP contribution in [0.3, 0.4) is 0 Å². The van der Waals surface area contributed by atoms with Crippen LogP contribution in [0.4, 0.5) is 9.18 Å². The van der Waals surface area contributed by atoms with Crippen LogP contribution in [0.25, 0.3) is 0 Å². The van der Waals surface area contributed by atoms with E-state index in [1.54, 1.807) is 12.2 Å². The number of amides is 2. The molecule has 0 radical (unpaired) electrons. The number of rotatable bonds is 2. The Morgan fingerprint density at radius 3 is 3.00 bits per heavy atom. The Kier molecular flexibility index (Phi) is 3.60. The van der Waals surface area contributed by atoms with Crippen LogP contribution in [-0.4, -0.2) is 65.4 Å². The highest BCUT2D eigenvalue weighted by Crippen LogP contribution is 2.26. The Labute approximate surface area is 97.7 Å². The second kappa shape index (κ2) is 4.99. The van der Waals surface area contributed by atoms with Crippen LogP contribution in [0, 0.1) is 0 Å². The van der Waals surface area contributed by atoms with Crippen molar-refractivity contribution in [3.05, 3.63) is 12.2 Å². The van der Waals surface area contributed by atoms with Gasteiger partial charge in [-0.3, -0.25) is 4.90 Å². The average molecular weight is 246 g/mol. The van der Waals surface area contributed by atoms with E-state index in [0.29, 0.717) is 6.54 Å². The van der Waals surface area contributed by atoms with E-state index in [1.807, 2.05) is 0 Å². The lowest BCUT2D eigenvalue weighted by atomic mass is 10.1. The van der Waals surface area contributed by atoms with Crippen molar-refractivity contribution >= 4 is 6.03 Å². The number of urea groups is 1. The molecule has 1 saturated heterocycles. The topological polar surface area (TPSA) is 82.0 Å². The summed E-state index contributed by atoms with van der Waals surface area (Å²) in [5.41, 5.74) is 0. The number of alkyl halides is 1. The van der Waals surface area contributed by atoms with Crippen molar-refractivity contribution in [1.82, 2.24) is 10.2 Å². The lowest BCUT2D eigenvalue weighted by Crippen LogP contribution is -2.49. The summed E-state index contributed by atoms with van der Waals surface area (Å²) in [6.07, 6.45) is -1.82. The summed E-state index contributed by atoms with van der Waals surface area (Å²) in [6.45, 7) is 0.107. The number of nitrogens with one attached hydrogen (secondary N) is 1. The van der Waals surface area contributed by atoms with Gasteiger partial charge in [-0.15, -0.1) is 0 Å². The molecular weight excluding hydrogens is 231 g/mol. The monoisotopic (exact) mass is 246 g/mol. The van der Waals surface area contributed by atoms with Crippen LogP contribution in [0.5, 0.6) is 0 Å². The third-order valence-electron chi connectivity index (χ3n) is 2.88. The van der Waals surface area contributed by atoms with Gasteiger partial charge in [0.1, 0.15) is 12.2 Å². The molecule has 2 rings (SSSR count). The Morgan fingerprint density at radius 2 is 2.35 bits per heavy atom. The maximum Gasteiger partial charge on any atom is 0.320 e. The number of nitrogens with zero attached hydrogens (tertiary/aromatic N) is 1. The standard InChI is InChI=1S/C10H15FN2O4/c11-7-8(15)6(5-14)17-9(7)13-4-2-1-3-12-10(13)16/h1-2,6-9,14-15H,3-5H2,(H,12,16)/t6?,7-,8+,9+/m0/s1. The summed E-state index contributed by atoms with van der Waals surface area (Å²) < 4.78 is 18.9. The minimum absolute atomic E-state index is 0.210. The summed E-state index contributed by atoms with van der Waals surface area (Å²) in [7, 11) is 0. The lowest BCUT2D eigenvalue weighted by Gasteiger charge is -2.27. The van der Waals surface area contributed by atoms with E-state index < -0.39 is 37.2 Å². The predicted octanol–water partition coefficient (Wildman–Crippen LogP) is -1.02. The molecule has 17 heavy (non-hydrogen) atoms. The van der Waals surface area contributed by atoms with Crippen molar-refractivity contribution in [1.29, 1.82) is 0 Å². The molecule has 7 heteroatoms. The highest BCUT2D eigenvalue weighted by Gasteiger charge is 2.47. The number of ether oxygens (including phenoxy) is 1. The van der Waals surface area contributed by atoms with Gasteiger partial charge < -0.3 is 20.3 Å². The smallest absolute Gasteiger partial charge is 0.320 e. The molecule has 96 valence electrons. The van der Waals surface area contributed by atoms with Crippen molar-refractivity contribution in [2.24, 2.45) is 0 Å². The quantitative estimate of drug-likeness (QED) is 0.545. The van der Waals surface area contributed by atoms with Gasteiger partial charge in [0.05, 0.1) is 6.61 Å². The SMILES string of the molecule is O=C1NCC=CCN1[C@@H]1OC(CO)[C@@H](O)[C@@H]1F. The fourth-order valence-electron chi connectivity index (χ4n) is 1.93. The molecular formula is C10H15FN2O4. The zero-order valence-corrected chi connectivity index (χ0v) is 9.12. The van der Waals surface area contributed by atoms with Crippen LogP contribution >= 0.6 is 0 Å². The van der Waals surface area contributed by atoms with E-state index in [1.165, 1.54) is 0 Å². The fourth-order valence-corrected chi connectivity index (χ4v) is 1.93. The number of halogens is 1. The van der Waals surface area contributed by atoms with Crippen molar-refractivity contribution in [3.63, 3.8) is 0 Å². The summed E-state index contributed by atoms with van der Waals surface area (Å²) in [5, 5.41) is 20.9. The summed E-state index contributed by atoms with van der Waals surface area (Å²) in [6, 6.07) is -0.451. The highest BCUT2D eigenvalue weighted by atomic mass is 19.1. The molecule has 2 aliphatic heterocycles. The Morgan fingerprint density at radius 1 is 1.59 bits per heavy atom. The van der Waals surface area contributed by atoms with E-state index in [-0.39, 0.29) is 6.54 Å². The lowest BCUT2D eigenvalue weighted by molar-refractivity contribution is -0.0672. The molecule has 0 saturated carbocycles. The van der Waals surface area contributed by atoms with E-state index >= 15 is 0 Å². The Balaban J connectivity index is 2.11. The number of aliphatic hydroxyl groups is 2. The van der Waals surface area contributed by atoms with Gasteiger partial charge in [0.2, 0.25) is 0 Å². The van der Waals surface area contributed by atoms with Gasteiger partial charge in [-0.05, 0) is 0 Å². The first kappa shape index (κ1) is 12.3. The van der Waals surface area contributed by atoms with Crippen LogP contribution in [0.2, 0.25) is 0 Å². The van der Waals surface area contributed by atoms with E-state index in [4.69, 9.17) is 9.84 Å². The summed E-state index contributed by atoms with van der Waals surface area (Å²) in [4.78, 5) is 12.8. The zero-order valence-electron chi connectivity index (χ0n) is 9.12. The Hall–Kier alpha value is -1.18. The van der Waals surface area contributed by atoms with Gasteiger partial charge in [-0.2, -0.15) is 0 Å². The van der Waals surface area contributed by atoms with Crippen LogP contribution in [0.15, 0.2) is 12.2 Å². The van der Waals surface area contributed by atoms with Crippen LogP contribution in [0.1, 0.15) is 0 Å². The average Bonchev–Trinajstić information content (AvgIpc) is 2.51. The van der Waals surface area contributed by atoms with Gasteiger partial charge in [0.25, 0.3) is 0 Å². The summed E-state index contributed by atoms with van der Waals surface area (Å²) >= 11 is 0. The molecule has 0 aliphatic carbocycles. The molecule has 6 nitrogen and oxygen atoms in total. The molecule has 0 aromatic heterocycles. The fraction of sp³-hybridized carbons (Fsp3) is 0.700. The molecule has 2 amide bonds. The molecule has 4 atom stereocenters. The first-order valence-electron chi connectivity index (χ1n) is 5.43. The number of carbonyl (C=O) groups is 1. The molecule has 0 bridgehead atoms. The van der Waals surface area contributed by atoms with E-state index in [2.05, 4.69) is 5.32 Å². The maximum atomic E-state index is 13.8. The molecule has 3 N–H and O–H groups in total. The minimum atomic E-state index is -1.72. The molecule has 1 fully saturated rings. The normalized spacial score (nSPS) is 38.1. The molecule has 0 spiro atoms. The highest BCUT2D eigenvalue weighted by molar-refractivity contribution is 5.75. The van der Waals surface area contributed by atoms with Gasteiger partial charge in [0, 0.05) is 13.1 Å². The molecule has 2 heterocycles. The van der Waals surface area contributed by atoms with E-state index in [9.17, 15) is 14.3 Å². The van der Waals surface area contributed by atoms with Gasteiger partial charge >= 0.3 is 6.03 Å². The van der Waals surface area contributed by atoms with Crippen molar-refractivity contribution < 1.29 is 24.1 Å². The molecule has 2 aliphatic rings. The zero-order chi connectivity index (χ0) is 12.4. The van der Waals surface area contributed by atoms with Crippen LogP contribution in [-0.2, 0) is 4.74 Å². The third kappa shape index (κ3) is 2.26. The number of carbonyl (C=O) groups excluding carboxylic acids is 1. The number of hydrogen-bond acceptors (Lipinski definition) is 4. The molecule has 1 unspecified atom stereocenters. The first-order chi connectivity index (χ1) is 8.15. The molecule has 0 aromatic rings. The third-order valence-corrected chi connectivity index (χ3v) is 2.88. The summed E-state index contributed by atoms with van der Waals surface area (Å²) in [5.74, 6) is 0. The maximum absolute atomic E-state index is 13.8. The van der Waals surface area contributed by atoms with Crippen molar-refractivity contribution in [2.45, 2.75) is 24.6 Å². The molecule has 0 aromatic carbocycles. The number of aliphatic hydroxyl groups excluding tert-OH is 2. The second-order valence-corrected chi connectivity index (χ2v) is 3.99. The van der Waals surface area contributed by atoms with Gasteiger partial charge in [0.15, 0.2) is 12.4 Å². The predicted molar refractivity (Wildman–Crippen MR) is 55.9 cm³/mol. The van der Waals surface area contributed by atoms with Gasteiger partial charge in [-0.1, -0.05) is 12.2 Å². The van der Waals surface area contributed by atoms with Gasteiger partial charge in [-0.25, -0.2) is 9.18 Å². The van der Waals surface area contributed by atoms with Crippen LogP contribution < -0.4 is 5.32 Å². The van der Waals surface area contributed by atoms with Crippen molar-refractivity contribution in [2.75, 3.05) is 19.7 Å². The minimum Gasteiger partial charge on any atom is -0.394 e.